The predicted octanol–water partition coefficient (Wildman–Crippen LogP) is 3.49. The number of aromatic nitrogens is 1. The van der Waals surface area contributed by atoms with Gasteiger partial charge in [-0.05, 0) is 18.1 Å². The van der Waals surface area contributed by atoms with Crippen molar-refractivity contribution in [1.82, 2.24) is 10.3 Å². The van der Waals surface area contributed by atoms with Crippen molar-refractivity contribution in [3.8, 4) is 0 Å². The second kappa shape index (κ2) is 6.04. The van der Waals surface area contributed by atoms with Gasteiger partial charge in [0.05, 0.1) is 16.4 Å². The van der Waals surface area contributed by atoms with Crippen LogP contribution in [-0.4, -0.2) is 22.0 Å². The number of ketones is 1. The summed E-state index contributed by atoms with van der Waals surface area (Å²) in [6.45, 7) is 0. The molecule has 0 saturated carbocycles. The van der Waals surface area contributed by atoms with E-state index < -0.39 is 29.7 Å². The fraction of sp³-hybridized carbons (Fsp3) is 0.267. The van der Waals surface area contributed by atoms with Gasteiger partial charge in [0.2, 0.25) is 0 Å². The highest BCUT2D eigenvalue weighted by molar-refractivity contribution is 7.10. The molecule has 0 bridgehead atoms. The molecular formula is C15H12F2N2O3S. The molecule has 23 heavy (non-hydrogen) atoms. The van der Waals surface area contributed by atoms with Crippen LogP contribution in [0.25, 0.3) is 0 Å². The monoisotopic (exact) mass is 338 g/mol. The number of benzene rings is 1. The minimum absolute atomic E-state index is 0.0535. The zero-order valence-electron chi connectivity index (χ0n) is 11.8. The molecule has 0 unspecified atom stereocenters. The van der Waals surface area contributed by atoms with Gasteiger partial charge in [0.1, 0.15) is 5.69 Å². The average Bonchev–Trinajstić information content (AvgIpc) is 2.94. The van der Waals surface area contributed by atoms with Crippen LogP contribution in [0, 0.1) is 11.6 Å². The molecule has 0 fully saturated rings. The van der Waals surface area contributed by atoms with Gasteiger partial charge in [0.25, 0.3) is 0 Å². The molecule has 0 aliphatic heterocycles. The van der Waals surface area contributed by atoms with Crippen LogP contribution < -0.4 is 5.32 Å². The topological polar surface area (TPSA) is 79.3 Å². The van der Waals surface area contributed by atoms with E-state index in [4.69, 9.17) is 5.11 Å². The van der Waals surface area contributed by atoms with Crippen molar-refractivity contribution < 1.29 is 23.5 Å². The largest absolute Gasteiger partial charge is 0.465 e. The van der Waals surface area contributed by atoms with Crippen LogP contribution >= 0.6 is 11.3 Å². The van der Waals surface area contributed by atoms with Crippen molar-refractivity contribution in [3.05, 3.63) is 51.5 Å². The molecule has 0 saturated heterocycles. The summed E-state index contributed by atoms with van der Waals surface area (Å²) in [4.78, 5) is 27.7. The van der Waals surface area contributed by atoms with Gasteiger partial charge in [-0.2, -0.15) is 0 Å². The maximum Gasteiger partial charge on any atom is 0.405 e. The molecule has 5 nitrogen and oxygen atoms in total. The van der Waals surface area contributed by atoms with E-state index >= 15 is 0 Å². The smallest absolute Gasteiger partial charge is 0.405 e. The molecule has 3 rings (SSSR count). The Morgan fingerprint density at radius 3 is 2.91 bits per heavy atom. The lowest BCUT2D eigenvalue weighted by Gasteiger charge is -2.25. The molecule has 1 amide bonds. The van der Waals surface area contributed by atoms with Gasteiger partial charge in [-0.1, -0.05) is 12.1 Å². The van der Waals surface area contributed by atoms with E-state index in [9.17, 15) is 18.4 Å². The second-order valence-electron chi connectivity index (χ2n) is 5.20. The second-order valence-corrected chi connectivity index (χ2v) is 6.09. The summed E-state index contributed by atoms with van der Waals surface area (Å²) in [5.74, 6) is -2.93. The molecule has 120 valence electrons. The van der Waals surface area contributed by atoms with E-state index in [1.165, 1.54) is 17.6 Å². The average molecular weight is 338 g/mol. The van der Waals surface area contributed by atoms with Crippen LogP contribution in [0.4, 0.5) is 13.6 Å². The number of carboxylic acid groups (broad SMARTS) is 1. The van der Waals surface area contributed by atoms with Gasteiger partial charge in [0, 0.05) is 12.3 Å². The number of rotatable bonds is 2. The maximum atomic E-state index is 14.2. The molecular weight excluding hydrogens is 326 g/mol. The first-order valence-electron chi connectivity index (χ1n) is 6.89. The number of amides is 1. The van der Waals surface area contributed by atoms with E-state index in [0.717, 1.165) is 17.4 Å². The first-order valence-corrected chi connectivity index (χ1v) is 7.77. The van der Waals surface area contributed by atoms with E-state index in [-0.39, 0.29) is 29.9 Å². The lowest BCUT2D eigenvalue weighted by molar-refractivity contribution is 0.0976. The number of carbonyl (C=O) groups excluding carboxylic acids is 1. The number of fused-ring (bicyclic) bond motifs is 1. The van der Waals surface area contributed by atoms with E-state index in [2.05, 4.69) is 10.3 Å². The minimum atomic E-state index is -1.30. The Bertz CT molecular complexity index is 778. The minimum Gasteiger partial charge on any atom is -0.465 e. The third kappa shape index (κ3) is 2.81. The lowest BCUT2D eigenvalue weighted by Crippen LogP contribution is -2.31. The van der Waals surface area contributed by atoms with Crippen LogP contribution in [0.3, 0.4) is 0 Å². The van der Waals surface area contributed by atoms with Crippen LogP contribution in [0.2, 0.25) is 0 Å². The summed E-state index contributed by atoms with van der Waals surface area (Å²) in [5, 5.41) is 11.4. The molecule has 0 radical (unpaired) electrons. The van der Waals surface area contributed by atoms with E-state index in [1.54, 1.807) is 0 Å². The molecule has 2 aromatic rings. The number of nitrogens with one attached hydrogen (secondary N) is 1. The highest BCUT2D eigenvalue weighted by atomic mass is 32.1. The van der Waals surface area contributed by atoms with Gasteiger partial charge in [0.15, 0.2) is 17.4 Å². The van der Waals surface area contributed by atoms with Crippen molar-refractivity contribution >= 4 is 23.2 Å². The highest BCUT2D eigenvalue weighted by Crippen LogP contribution is 2.42. The summed E-state index contributed by atoms with van der Waals surface area (Å²) < 4.78 is 27.7. The molecule has 8 heteroatoms. The van der Waals surface area contributed by atoms with Gasteiger partial charge in [-0.3, -0.25) is 4.79 Å². The van der Waals surface area contributed by atoms with Crippen LogP contribution in [0.1, 0.15) is 45.7 Å². The summed E-state index contributed by atoms with van der Waals surface area (Å²) >= 11 is 1.13. The third-order valence-corrected chi connectivity index (χ3v) is 4.80. The van der Waals surface area contributed by atoms with Crippen LogP contribution in [-0.2, 0) is 0 Å². The van der Waals surface area contributed by atoms with Gasteiger partial charge in [-0.15, -0.1) is 11.3 Å². The molecule has 1 aliphatic rings. The number of hydrogen-bond donors (Lipinski definition) is 2. The Balaban J connectivity index is 2.12. The fourth-order valence-electron chi connectivity index (χ4n) is 2.88. The number of halogens is 2. The zero-order chi connectivity index (χ0) is 16.6. The van der Waals surface area contributed by atoms with Crippen LogP contribution in [0.15, 0.2) is 23.7 Å². The molecule has 1 aromatic heterocycles. The molecule has 1 aromatic carbocycles. The highest BCUT2D eigenvalue weighted by Gasteiger charge is 2.36. The molecule has 2 atom stereocenters. The summed E-state index contributed by atoms with van der Waals surface area (Å²) in [5.41, 5.74) is 1.70. The predicted molar refractivity (Wildman–Crippen MR) is 78.7 cm³/mol. The molecule has 1 heterocycles. The van der Waals surface area contributed by atoms with Gasteiger partial charge < -0.3 is 10.4 Å². The molecule has 0 spiro atoms. The lowest BCUT2D eigenvalue weighted by atomic mass is 9.87. The standard InChI is InChI=1S/C15H12F2N2O3S/c16-9-3-1-2-7(11(9)17)8-4-5-10(20)13-14(23-6-18-13)12(8)19-15(21)22/h1-3,6,8,12,19H,4-5H2,(H,21,22)/t8-,12+/m1/s1. The first kappa shape index (κ1) is 15.5. The third-order valence-electron chi connectivity index (χ3n) is 3.89. The Labute approximate surface area is 134 Å². The van der Waals surface area contributed by atoms with Crippen molar-refractivity contribution in [1.29, 1.82) is 0 Å². The quantitative estimate of drug-likeness (QED) is 0.822. The van der Waals surface area contributed by atoms with E-state index in [1.807, 2.05) is 0 Å². The van der Waals surface area contributed by atoms with Gasteiger partial charge >= 0.3 is 6.09 Å². The first-order chi connectivity index (χ1) is 11.0. The zero-order valence-corrected chi connectivity index (χ0v) is 12.6. The van der Waals surface area contributed by atoms with Crippen molar-refractivity contribution in [2.45, 2.75) is 24.8 Å². The molecule has 2 N–H and O–H groups in total. The van der Waals surface area contributed by atoms with Crippen molar-refractivity contribution in [2.24, 2.45) is 0 Å². The summed E-state index contributed by atoms with van der Waals surface area (Å²) in [7, 11) is 0. The fourth-order valence-corrected chi connectivity index (χ4v) is 3.80. The van der Waals surface area contributed by atoms with Crippen molar-refractivity contribution in [3.63, 3.8) is 0 Å². The molecule has 1 aliphatic carbocycles. The normalized spacial score (nSPS) is 20.7. The number of Topliss-reactive ketones (excluding diaryl/α,β-unsaturated/α-hetero) is 1. The number of thiazole rings is 1. The van der Waals surface area contributed by atoms with Gasteiger partial charge in [-0.25, -0.2) is 18.6 Å². The Kier molecular flexibility index (Phi) is 4.08. The SMILES string of the molecule is O=C(O)N[C@@H]1c2scnc2C(=O)CC[C@@H]1c1cccc(F)c1F. The number of nitrogens with zero attached hydrogens (tertiary/aromatic N) is 1. The number of hydrogen-bond acceptors (Lipinski definition) is 4. The van der Waals surface area contributed by atoms with E-state index in [0.29, 0.717) is 4.88 Å². The Morgan fingerprint density at radius 2 is 2.17 bits per heavy atom. The number of carbonyl (C=O) groups is 2. The Hall–Kier alpha value is -2.35. The summed E-state index contributed by atoms with van der Waals surface area (Å²) in [6.07, 6.45) is -1.01. The van der Waals surface area contributed by atoms with Crippen molar-refractivity contribution in [2.75, 3.05) is 0 Å². The maximum absolute atomic E-state index is 14.2. The van der Waals surface area contributed by atoms with Crippen LogP contribution in [0.5, 0.6) is 0 Å². The Morgan fingerprint density at radius 1 is 1.39 bits per heavy atom. The summed E-state index contributed by atoms with van der Waals surface area (Å²) in [6, 6.07) is 2.93.